The predicted molar refractivity (Wildman–Crippen MR) is 157 cm³/mol. The van der Waals surface area contributed by atoms with Crippen molar-refractivity contribution in [2.24, 2.45) is 7.05 Å². The Morgan fingerprint density at radius 1 is 1.03 bits per heavy atom. The SMILES string of the molecule is Cn1c(Nc2ccc(Br)cc2)nc2cc(Oc3ccnc(C(=O)NCCc4c[nH]c5ccccc45)c3)ccc21. The van der Waals surface area contributed by atoms with Gasteiger partial charge in [-0.2, -0.15) is 0 Å². The minimum atomic E-state index is -0.246. The minimum Gasteiger partial charge on any atom is -0.457 e. The normalized spacial score (nSPS) is 11.1. The molecule has 8 nitrogen and oxygen atoms in total. The first-order valence-electron chi connectivity index (χ1n) is 12.5. The van der Waals surface area contributed by atoms with Crippen molar-refractivity contribution in [3.8, 4) is 11.5 Å². The van der Waals surface area contributed by atoms with Crippen LogP contribution in [-0.2, 0) is 13.5 Å². The van der Waals surface area contributed by atoms with E-state index >= 15 is 0 Å². The van der Waals surface area contributed by atoms with Crippen LogP contribution in [-0.4, -0.2) is 32.0 Å². The molecule has 3 aromatic carbocycles. The summed E-state index contributed by atoms with van der Waals surface area (Å²) >= 11 is 3.46. The average molecular weight is 581 g/mol. The zero-order chi connectivity index (χ0) is 26.8. The van der Waals surface area contributed by atoms with Crippen LogP contribution in [0, 0.1) is 0 Å². The van der Waals surface area contributed by atoms with Gasteiger partial charge in [0.25, 0.3) is 5.91 Å². The molecule has 0 radical (unpaired) electrons. The predicted octanol–water partition coefficient (Wildman–Crippen LogP) is 6.72. The van der Waals surface area contributed by atoms with Crippen molar-refractivity contribution in [1.29, 1.82) is 0 Å². The molecular formula is C30H25BrN6O2. The Hall–Kier alpha value is -4.63. The number of carbonyl (C=O) groups excluding carboxylic acids is 1. The van der Waals surface area contributed by atoms with Crippen LogP contribution >= 0.6 is 15.9 Å². The van der Waals surface area contributed by atoms with E-state index in [0.29, 0.717) is 30.2 Å². The van der Waals surface area contributed by atoms with Crippen LogP contribution in [0.4, 0.5) is 11.6 Å². The Morgan fingerprint density at radius 2 is 1.85 bits per heavy atom. The number of imidazole rings is 1. The van der Waals surface area contributed by atoms with Gasteiger partial charge in [0.2, 0.25) is 5.95 Å². The van der Waals surface area contributed by atoms with Crippen molar-refractivity contribution in [1.82, 2.24) is 24.8 Å². The van der Waals surface area contributed by atoms with Gasteiger partial charge in [0.15, 0.2) is 0 Å². The molecule has 6 rings (SSSR count). The molecule has 1 amide bonds. The smallest absolute Gasteiger partial charge is 0.270 e. The largest absolute Gasteiger partial charge is 0.457 e. The molecule has 9 heteroatoms. The van der Waals surface area contributed by atoms with Gasteiger partial charge in [0.05, 0.1) is 11.0 Å². The standard InChI is InChI=1S/C30H25BrN6O2/c1-37-28-11-10-22(16-26(28)36-30(37)35-21-8-6-20(31)7-9-21)39-23-13-15-32-27(17-23)29(38)33-14-12-19-18-34-25-5-3-2-4-24(19)25/h2-11,13,15-18,34H,12,14H2,1H3,(H,33,38)(H,35,36). The fourth-order valence-electron chi connectivity index (χ4n) is 4.49. The quantitative estimate of drug-likeness (QED) is 0.186. The third-order valence-corrected chi connectivity index (χ3v) is 7.04. The summed E-state index contributed by atoms with van der Waals surface area (Å²) in [5.41, 5.74) is 5.25. The highest BCUT2D eigenvalue weighted by Gasteiger charge is 2.12. The van der Waals surface area contributed by atoms with Crippen LogP contribution in [0.25, 0.3) is 21.9 Å². The first-order valence-corrected chi connectivity index (χ1v) is 13.3. The molecule has 0 unspecified atom stereocenters. The number of aryl methyl sites for hydroxylation is 1. The van der Waals surface area contributed by atoms with Crippen molar-refractivity contribution >= 4 is 55.4 Å². The first kappa shape index (κ1) is 24.7. The molecule has 0 aliphatic carbocycles. The molecule has 3 N–H and O–H groups in total. The van der Waals surface area contributed by atoms with E-state index in [1.54, 1.807) is 18.3 Å². The lowest BCUT2D eigenvalue weighted by atomic mass is 10.1. The lowest BCUT2D eigenvalue weighted by Crippen LogP contribution is -2.26. The van der Waals surface area contributed by atoms with E-state index in [1.165, 1.54) is 5.39 Å². The maximum absolute atomic E-state index is 12.8. The molecule has 0 saturated heterocycles. The summed E-state index contributed by atoms with van der Waals surface area (Å²) in [4.78, 5) is 25.0. The summed E-state index contributed by atoms with van der Waals surface area (Å²) in [5.74, 6) is 1.62. The topological polar surface area (TPSA) is 96.9 Å². The number of fused-ring (bicyclic) bond motifs is 2. The van der Waals surface area contributed by atoms with Crippen molar-refractivity contribution < 1.29 is 9.53 Å². The maximum atomic E-state index is 12.8. The van der Waals surface area contributed by atoms with Gasteiger partial charge in [-0.1, -0.05) is 34.1 Å². The van der Waals surface area contributed by atoms with Gasteiger partial charge in [-0.25, -0.2) is 4.98 Å². The summed E-state index contributed by atoms with van der Waals surface area (Å²) in [7, 11) is 1.96. The molecule has 194 valence electrons. The lowest BCUT2D eigenvalue weighted by molar-refractivity contribution is 0.0949. The fraction of sp³-hybridized carbons (Fsp3) is 0.100. The van der Waals surface area contributed by atoms with E-state index in [9.17, 15) is 4.79 Å². The zero-order valence-electron chi connectivity index (χ0n) is 21.1. The van der Waals surface area contributed by atoms with Gasteiger partial charge in [-0.05, 0) is 60.5 Å². The van der Waals surface area contributed by atoms with Crippen LogP contribution < -0.4 is 15.4 Å². The number of carbonyl (C=O) groups is 1. The highest BCUT2D eigenvalue weighted by atomic mass is 79.9. The zero-order valence-corrected chi connectivity index (χ0v) is 22.7. The number of ether oxygens (including phenoxy) is 1. The second-order valence-electron chi connectivity index (χ2n) is 9.12. The molecule has 0 bridgehead atoms. The Balaban J connectivity index is 1.12. The van der Waals surface area contributed by atoms with Crippen LogP contribution in [0.3, 0.4) is 0 Å². The Kier molecular flexibility index (Phi) is 6.73. The van der Waals surface area contributed by atoms with Crippen LogP contribution in [0.1, 0.15) is 16.1 Å². The number of nitrogens with one attached hydrogen (secondary N) is 3. The number of nitrogens with zero attached hydrogens (tertiary/aromatic N) is 3. The third kappa shape index (κ3) is 5.35. The number of amides is 1. The Morgan fingerprint density at radius 3 is 2.72 bits per heavy atom. The number of anilines is 2. The van der Waals surface area contributed by atoms with E-state index in [1.807, 2.05) is 78.5 Å². The van der Waals surface area contributed by atoms with Gasteiger partial charge in [0.1, 0.15) is 17.2 Å². The van der Waals surface area contributed by atoms with Crippen molar-refractivity contribution in [3.05, 3.63) is 107 Å². The number of pyridine rings is 1. The number of aromatic amines is 1. The molecular weight excluding hydrogens is 556 g/mol. The van der Waals surface area contributed by atoms with E-state index < -0.39 is 0 Å². The van der Waals surface area contributed by atoms with Gasteiger partial charge in [-0.3, -0.25) is 9.78 Å². The van der Waals surface area contributed by atoms with Gasteiger partial charge >= 0.3 is 0 Å². The summed E-state index contributed by atoms with van der Waals surface area (Å²) in [6.45, 7) is 0.500. The molecule has 3 aromatic heterocycles. The van der Waals surface area contributed by atoms with Crippen LogP contribution in [0.15, 0.2) is 95.7 Å². The number of hydrogen-bond acceptors (Lipinski definition) is 5. The van der Waals surface area contributed by atoms with E-state index in [4.69, 9.17) is 9.72 Å². The molecule has 0 spiro atoms. The number of H-pyrrole nitrogens is 1. The molecule has 0 saturated carbocycles. The van der Waals surface area contributed by atoms with E-state index in [2.05, 4.69) is 42.6 Å². The number of hydrogen-bond donors (Lipinski definition) is 3. The van der Waals surface area contributed by atoms with Gasteiger partial charge in [0, 0.05) is 59.2 Å². The molecule has 6 aromatic rings. The monoisotopic (exact) mass is 580 g/mol. The van der Waals surface area contributed by atoms with Gasteiger partial charge < -0.3 is 24.9 Å². The highest BCUT2D eigenvalue weighted by Crippen LogP contribution is 2.28. The van der Waals surface area contributed by atoms with Crippen molar-refractivity contribution in [2.45, 2.75) is 6.42 Å². The number of benzene rings is 3. The van der Waals surface area contributed by atoms with Gasteiger partial charge in [-0.15, -0.1) is 0 Å². The number of para-hydroxylation sites is 1. The first-order chi connectivity index (χ1) is 19.0. The van der Waals surface area contributed by atoms with Crippen molar-refractivity contribution in [2.75, 3.05) is 11.9 Å². The van der Waals surface area contributed by atoms with Crippen LogP contribution in [0.5, 0.6) is 11.5 Å². The lowest BCUT2D eigenvalue weighted by Gasteiger charge is -2.08. The average Bonchev–Trinajstić information content (AvgIpc) is 3.50. The van der Waals surface area contributed by atoms with E-state index in [0.717, 1.165) is 38.2 Å². The number of aromatic nitrogens is 4. The molecule has 39 heavy (non-hydrogen) atoms. The highest BCUT2D eigenvalue weighted by molar-refractivity contribution is 9.10. The number of rotatable bonds is 8. The summed E-state index contributed by atoms with van der Waals surface area (Å²) in [5, 5.41) is 7.47. The molecule has 0 aliphatic heterocycles. The molecule has 3 heterocycles. The minimum absolute atomic E-state index is 0.246. The summed E-state index contributed by atoms with van der Waals surface area (Å²) in [6, 6.07) is 25.1. The third-order valence-electron chi connectivity index (χ3n) is 6.51. The second kappa shape index (κ2) is 10.6. The molecule has 0 atom stereocenters. The number of halogens is 1. The Labute approximate surface area is 233 Å². The van der Waals surface area contributed by atoms with Crippen molar-refractivity contribution in [3.63, 3.8) is 0 Å². The van der Waals surface area contributed by atoms with Crippen LogP contribution in [0.2, 0.25) is 0 Å². The maximum Gasteiger partial charge on any atom is 0.270 e. The summed E-state index contributed by atoms with van der Waals surface area (Å²) < 4.78 is 9.08. The molecule has 0 fully saturated rings. The fourth-order valence-corrected chi connectivity index (χ4v) is 4.76. The summed E-state index contributed by atoms with van der Waals surface area (Å²) in [6.07, 6.45) is 4.28. The van der Waals surface area contributed by atoms with E-state index in [-0.39, 0.29) is 5.91 Å². The Bertz CT molecular complexity index is 1790. The molecule has 0 aliphatic rings. The second-order valence-corrected chi connectivity index (χ2v) is 10.0.